The summed E-state index contributed by atoms with van der Waals surface area (Å²) in [6, 6.07) is 0.181. The lowest BCUT2D eigenvalue weighted by atomic mass is 9.96. The summed E-state index contributed by atoms with van der Waals surface area (Å²) in [5, 5.41) is 15.5. The van der Waals surface area contributed by atoms with Crippen molar-refractivity contribution in [2.45, 2.75) is 57.5 Å². The number of hydrogen-bond acceptors (Lipinski definition) is 3. The fraction of sp³-hybridized carbons (Fsp3) is 0.933. The highest BCUT2D eigenvalue weighted by atomic mass is 16.3. The van der Waals surface area contributed by atoms with Crippen LogP contribution in [0, 0.1) is 5.92 Å². The largest absolute Gasteiger partial charge is 0.396 e. The molecule has 1 fully saturated rings. The van der Waals surface area contributed by atoms with E-state index < -0.39 is 0 Å². The summed E-state index contributed by atoms with van der Waals surface area (Å²) in [6.45, 7) is 3.16. The van der Waals surface area contributed by atoms with Gasteiger partial charge in [0.1, 0.15) is 0 Å². The minimum absolute atomic E-state index is 0.0957. The van der Waals surface area contributed by atoms with Crippen LogP contribution in [-0.4, -0.2) is 55.4 Å². The zero-order chi connectivity index (χ0) is 15.0. The zero-order valence-corrected chi connectivity index (χ0v) is 13.2. The number of rotatable bonds is 6. The summed E-state index contributed by atoms with van der Waals surface area (Å²) in [6.07, 6.45) is 6.42. The normalized spacial score (nSPS) is 25.1. The molecule has 3 N–H and O–H groups in total. The maximum Gasteiger partial charge on any atom is 0.315 e. The van der Waals surface area contributed by atoms with Crippen LogP contribution in [0.4, 0.5) is 4.79 Å². The number of amides is 2. The topological polar surface area (TPSA) is 64.6 Å². The molecule has 3 unspecified atom stereocenters. The SMILES string of the molecule is CC(CCN(C)C)NC(=O)NC1CCCCCC1CO. The molecular formula is C15H31N3O2. The highest BCUT2D eigenvalue weighted by molar-refractivity contribution is 5.74. The Bertz CT molecular complexity index is 284. The molecule has 1 saturated carbocycles. The van der Waals surface area contributed by atoms with E-state index in [1.54, 1.807) is 0 Å². The van der Waals surface area contributed by atoms with E-state index in [4.69, 9.17) is 0 Å². The second kappa shape index (κ2) is 9.19. The lowest BCUT2D eigenvalue weighted by molar-refractivity contribution is 0.178. The second-order valence-electron chi connectivity index (χ2n) is 6.30. The number of carbonyl (C=O) groups is 1. The number of urea groups is 1. The molecule has 1 rings (SSSR count). The molecule has 118 valence electrons. The lowest BCUT2D eigenvalue weighted by Crippen LogP contribution is -2.48. The van der Waals surface area contributed by atoms with E-state index in [9.17, 15) is 9.90 Å². The number of nitrogens with zero attached hydrogens (tertiary/aromatic N) is 1. The first-order valence-electron chi connectivity index (χ1n) is 7.85. The predicted molar refractivity (Wildman–Crippen MR) is 81.7 cm³/mol. The van der Waals surface area contributed by atoms with Crippen molar-refractivity contribution in [1.29, 1.82) is 0 Å². The number of aliphatic hydroxyl groups is 1. The van der Waals surface area contributed by atoms with E-state index in [0.29, 0.717) is 0 Å². The summed E-state index contributed by atoms with van der Waals surface area (Å²) in [5.41, 5.74) is 0. The van der Waals surface area contributed by atoms with E-state index in [2.05, 4.69) is 15.5 Å². The first-order chi connectivity index (χ1) is 9.52. The molecule has 0 bridgehead atoms. The number of aliphatic hydroxyl groups excluding tert-OH is 1. The Morgan fingerprint density at radius 2 is 2.00 bits per heavy atom. The van der Waals surface area contributed by atoms with Crippen LogP contribution < -0.4 is 10.6 Å². The van der Waals surface area contributed by atoms with E-state index >= 15 is 0 Å². The summed E-state index contributed by atoms with van der Waals surface area (Å²) >= 11 is 0. The summed E-state index contributed by atoms with van der Waals surface area (Å²) in [7, 11) is 4.06. The van der Waals surface area contributed by atoms with Crippen molar-refractivity contribution in [1.82, 2.24) is 15.5 Å². The zero-order valence-electron chi connectivity index (χ0n) is 13.2. The quantitative estimate of drug-likeness (QED) is 0.649. The number of carbonyl (C=O) groups excluding carboxylic acids is 1. The van der Waals surface area contributed by atoms with E-state index in [1.165, 1.54) is 6.42 Å². The molecule has 2 amide bonds. The Balaban J connectivity index is 2.35. The van der Waals surface area contributed by atoms with Crippen molar-refractivity contribution in [3.05, 3.63) is 0 Å². The van der Waals surface area contributed by atoms with Crippen molar-refractivity contribution < 1.29 is 9.90 Å². The van der Waals surface area contributed by atoms with Gasteiger partial charge in [0.2, 0.25) is 0 Å². The average Bonchev–Trinajstić information content (AvgIpc) is 2.61. The molecular weight excluding hydrogens is 254 g/mol. The van der Waals surface area contributed by atoms with Crippen molar-refractivity contribution in [2.75, 3.05) is 27.2 Å². The standard InChI is InChI=1S/C15H31N3O2/c1-12(9-10-18(2)3)16-15(20)17-14-8-6-4-5-7-13(14)11-19/h12-14,19H,4-11H2,1-3H3,(H2,16,17,20). The predicted octanol–water partition coefficient (Wildman–Crippen LogP) is 1.57. The monoisotopic (exact) mass is 285 g/mol. The molecule has 20 heavy (non-hydrogen) atoms. The highest BCUT2D eigenvalue weighted by Crippen LogP contribution is 2.23. The smallest absolute Gasteiger partial charge is 0.315 e. The first kappa shape index (κ1) is 17.2. The van der Waals surface area contributed by atoms with Crippen molar-refractivity contribution in [2.24, 2.45) is 5.92 Å². The molecule has 0 heterocycles. The Morgan fingerprint density at radius 3 is 2.65 bits per heavy atom. The molecule has 0 aromatic heterocycles. The van der Waals surface area contributed by atoms with Crippen LogP contribution in [0.5, 0.6) is 0 Å². The molecule has 5 nitrogen and oxygen atoms in total. The van der Waals surface area contributed by atoms with Crippen molar-refractivity contribution in [3.63, 3.8) is 0 Å². The van der Waals surface area contributed by atoms with Crippen LogP contribution >= 0.6 is 0 Å². The summed E-state index contributed by atoms with van der Waals surface area (Å²) in [5.74, 6) is 0.209. The molecule has 0 aromatic rings. The Kier molecular flexibility index (Phi) is 7.92. The van der Waals surface area contributed by atoms with Crippen molar-refractivity contribution >= 4 is 6.03 Å². The van der Waals surface area contributed by atoms with Gasteiger partial charge in [-0.3, -0.25) is 0 Å². The molecule has 1 aliphatic rings. The van der Waals surface area contributed by atoms with Crippen LogP contribution in [0.15, 0.2) is 0 Å². The third-order valence-electron chi connectivity index (χ3n) is 4.10. The summed E-state index contributed by atoms with van der Waals surface area (Å²) < 4.78 is 0. The lowest BCUT2D eigenvalue weighted by Gasteiger charge is -2.26. The van der Waals surface area contributed by atoms with Gasteiger partial charge in [-0.15, -0.1) is 0 Å². The average molecular weight is 285 g/mol. The Labute approximate surface area is 123 Å². The molecule has 3 atom stereocenters. The summed E-state index contributed by atoms with van der Waals surface area (Å²) in [4.78, 5) is 14.1. The molecule has 1 aliphatic carbocycles. The Hall–Kier alpha value is -0.810. The number of hydrogen-bond donors (Lipinski definition) is 3. The van der Waals surface area contributed by atoms with Crippen LogP contribution in [0.3, 0.4) is 0 Å². The number of nitrogens with one attached hydrogen (secondary N) is 2. The van der Waals surface area contributed by atoms with Crippen molar-refractivity contribution in [3.8, 4) is 0 Å². The Morgan fingerprint density at radius 1 is 1.30 bits per heavy atom. The minimum Gasteiger partial charge on any atom is -0.396 e. The van der Waals surface area contributed by atoms with Gasteiger partial charge in [0.25, 0.3) is 0 Å². The molecule has 0 radical (unpaired) electrons. The van der Waals surface area contributed by atoms with Gasteiger partial charge in [-0.25, -0.2) is 4.79 Å². The van der Waals surface area contributed by atoms with Gasteiger partial charge in [-0.2, -0.15) is 0 Å². The van der Waals surface area contributed by atoms with Gasteiger partial charge in [0, 0.05) is 24.6 Å². The minimum atomic E-state index is -0.0957. The molecule has 0 aromatic carbocycles. The molecule has 0 saturated heterocycles. The fourth-order valence-electron chi connectivity index (χ4n) is 2.75. The third-order valence-corrected chi connectivity index (χ3v) is 4.10. The van der Waals surface area contributed by atoms with Gasteiger partial charge in [-0.1, -0.05) is 19.3 Å². The van der Waals surface area contributed by atoms with E-state index in [0.717, 1.165) is 38.6 Å². The van der Waals surface area contributed by atoms with Gasteiger partial charge in [0.05, 0.1) is 0 Å². The maximum absolute atomic E-state index is 12.0. The highest BCUT2D eigenvalue weighted by Gasteiger charge is 2.24. The van der Waals surface area contributed by atoms with Crippen LogP contribution in [0.1, 0.15) is 45.4 Å². The maximum atomic E-state index is 12.0. The van der Waals surface area contributed by atoms with Crippen LogP contribution in [0.25, 0.3) is 0 Å². The van der Waals surface area contributed by atoms with Gasteiger partial charge in [-0.05, 0) is 46.8 Å². The fourth-order valence-corrected chi connectivity index (χ4v) is 2.75. The molecule has 0 spiro atoms. The van der Waals surface area contributed by atoms with E-state index in [-0.39, 0.29) is 30.6 Å². The molecule has 5 heteroatoms. The first-order valence-corrected chi connectivity index (χ1v) is 7.85. The van der Waals surface area contributed by atoms with Crippen LogP contribution in [-0.2, 0) is 0 Å². The van der Waals surface area contributed by atoms with E-state index in [1.807, 2.05) is 21.0 Å². The van der Waals surface area contributed by atoms with Gasteiger partial charge in [0.15, 0.2) is 0 Å². The van der Waals surface area contributed by atoms with Gasteiger partial charge >= 0.3 is 6.03 Å². The third kappa shape index (κ3) is 6.57. The van der Waals surface area contributed by atoms with Crippen LogP contribution in [0.2, 0.25) is 0 Å². The molecule has 0 aliphatic heterocycles. The second-order valence-corrected chi connectivity index (χ2v) is 6.30. The van der Waals surface area contributed by atoms with Gasteiger partial charge < -0.3 is 20.6 Å².